The van der Waals surface area contributed by atoms with E-state index in [2.05, 4.69) is 5.32 Å². The summed E-state index contributed by atoms with van der Waals surface area (Å²) < 4.78 is 7.20. The first kappa shape index (κ1) is 20.8. The maximum absolute atomic E-state index is 12.9. The summed E-state index contributed by atoms with van der Waals surface area (Å²) in [6.45, 7) is 3.49. The number of carbonyl (C=O) groups is 2. The Morgan fingerprint density at radius 1 is 1.24 bits per heavy atom. The SMILES string of the molecule is CC(C)NC(=O)Cn1c(=O)/c(=C/c2ccc(Cl)cc2)s/c1=C/C(=O)c1ccco1. The molecule has 0 saturated carbocycles. The van der Waals surface area contributed by atoms with Crippen molar-refractivity contribution in [1.82, 2.24) is 9.88 Å². The molecule has 8 heteroatoms. The van der Waals surface area contributed by atoms with E-state index in [1.54, 1.807) is 42.5 Å². The number of thiazole rings is 1. The third-order valence-corrected chi connectivity index (χ3v) is 5.19. The van der Waals surface area contributed by atoms with Gasteiger partial charge in [-0.1, -0.05) is 23.7 Å². The molecule has 0 bridgehead atoms. The molecule has 2 heterocycles. The van der Waals surface area contributed by atoms with Crippen molar-refractivity contribution < 1.29 is 14.0 Å². The minimum absolute atomic E-state index is 0.0610. The highest BCUT2D eigenvalue weighted by molar-refractivity contribution is 7.07. The summed E-state index contributed by atoms with van der Waals surface area (Å²) in [5.74, 6) is -0.530. The van der Waals surface area contributed by atoms with Gasteiger partial charge in [-0.2, -0.15) is 0 Å². The van der Waals surface area contributed by atoms with Gasteiger partial charge in [0.25, 0.3) is 5.56 Å². The number of Topliss-reactive ketones (excluding diaryl/α,β-unsaturated/α-hetero) is 1. The molecular formula is C21H19ClN2O4S. The van der Waals surface area contributed by atoms with Gasteiger partial charge in [-0.25, -0.2) is 0 Å². The molecule has 2 aromatic heterocycles. The lowest BCUT2D eigenvalue weighted by molar-refractivity contribution is -0.122. The monoisotopic (exact) mass is 430 g/mol. The van der Waals surface area contributed by atoms with Crippen molar-refractivity contribution in [3.8, 4) is 0 Å². The smallest absolute Gasteiger partial charge is 0.269 e. The molecule has 0 fully saturated rings. The fourth-order valence-electron chi connectivity index (χ4n) is 2.62. The number of carbonyl (C=O) groups excluding carboxylic acids is 2. The topological polar surface area (TPSA) is 81.3 Å². The van der Waals surface area contributed by atoms with Gasteiger partial charge < -0.3 is 9.73 Å². The van der Waals surface area contributed by atoms with Crippen LogP contribution in [0.25, 0.3) is 12.2 Å². The number of halogens is 1. The van der Waals surface area contributed by atoms with Crippen LogP contribution < -0.4 is 20.1 Å². The predicted octanol–water partition coefficient (Wildman–Crippen LogP) is 2.17. The maximum atomic E-state index is 12.9. The zero-order valence-corrected chi connectivity index (χ0v) is 17.4. The minimum Gasteiger partial charge on any atom is -0.461 e. The number of amides is 1. The Morgan fingerprint density at radius 2 is 1.97 bits per heavy atom. The summed E-state index contributed by atoms with van der Waals surface area (Å²) in [7, 11) is 0. The van der Waals surface area contributed by atoms with E-state index in [1.807, 2.05) is 13.8 Å². The number of aromatic nitrogens is 1. The molecule has 6 nitrogen and oxygen atoms in total. The number of nitrogens with one attached hydrogen (secondary N) is 1. The number of ketones is 1. The van der Waals surface area contributed by atoms with Crippen LogP contribution in [0.5, 0.6) is 0 Å². The highest BCUT2D eigenvalue weighted by Gasteiger charge is 2.13. The molecular weight excluding hydrogens is 412 g/mol. The fraction of sp³-hybridized carbons (Fsp3) is 0.190. The van der Waals surface area contributed by atoms with Gasteiger partial charge in [0.15, 0.2) is 5.76 Å². The van der Waals surface area contributed by atoms with Gasteiger partial charge in [0.05, 0.1) is 10.8 Å². The Kier molecular flexibility index (Phi) is 6.51. The number of hydrogen-bond donors (Lipinski definition) is 1. The average molecular weight is 431 g/mol. The quantitative estimate of drug-likeness (QED) is 0.608. The van der Waals surface area contributed by atoms with Crippen LogP contribution >= 0.6 is 22.9 Å². The largest absolute Gasteiger partial charge is 0.461 e. The molecule has 0 aliphatic heterocycles. The van der Waals surface area contributed by atoms with E-state index >= 15 is 0 Å². The van der Waals surface area contributed by atoms with Crippen LogP contribution in [-0.4, -0.2) is 22.3 Å². The first-order valence-corrected chi connectivity index (χ1v) is 10.1. The van der Waals surface area contributed by atoms with Crippen molar-refractivity contribution >= 4 is 46.8 Å². The van der Waals surface area contributed by atoms with Crippen molar-refractivity contribution in [3.63, 3.8) is 0 Å². The molecule has 1 N–H and O–H groups in total. The Balaban J connectivity index is 2.09. The van der Waals surface area contributed by atoms with Gasteiger partial charge in [0, 0.05) is 17.1 Å². The van der Waals surface area contributed by atoms with Gasteiger partial charge in [-0.3, -0.25) is 19.0 Å². The van der Waals surface area contributed by atoms with Crippen LogP contribution in [0.3, 0.4) is 0 Å². The van der Waals surface area contributed by atoms with Crippen molar-refractivity contribution in [2.75, 3.05) is 0 Å². The minimum atomic E-state index is -0.382. The van der Waals surface area contributed by atoms with E-state index in [0.717, 1.165) is 16.9 Å². The van der Waals surface area contributed by atoms with Gasteiger partial charge in [-0.05, 0) is 49.8 Å². The van der Waals surface area contributed by atoms with Crippen LogP contribution in [0.1, 0.15) is 30.0 Å². The van der Waals surface area contributed by atoms with E-state index in [1.165, 1.54) is 16.9 Å². The molecule has 1 amide bonds. The van der Waals surface area contributed by atoms with Crippen LogP contribution in [0.4, 0.5) is 0 Å². The molecule has 0 aliphatic rings. The Morgan fingerprint density at radius 3 is 2.59 bits per heavy atom. The normalized spacial score (nSPS) is 12.6. The molecule has 29 heavy (non-hydrogen) atoms. The van der Waals surface area contributed by atoms with Crippen molar-refractivity contribution in [2.24, 2.45) is 0 Å². The molecule has 3 aromatic rings. The molecule has 0 spiro atoms. The summed E-state index contributed by atoms with van der Waals surface area (Å²) in [6.07, 6.45) is 4.42. The number of hydrogen-bond acceptors (Lipinski definition) is 5. The van der Waals surface area contributed by atoms with E-state index in [9.17, 15) is 14.4 Å². The van der Waals surface area contributed by atoms with E-state index in [4.69, 9.17) is 16.0 Å². The van der Waals surface area contributed by atoms with Crippen LogP contribution in [0, 0.1) is 0 Å². The number of furan rings is 1. The zero-order chi connectivity index (χ0) is 21.0. The summed E-state index contributed by atoms with van der Waals surface area (Å²) in [5, 5.41) is 3.35. The lowest BCUT2D eigenvalue weighted by atomic mass is 10.2. The van der Waals surface area contributed by atoms with Crippen LogP contribution in [0.15, 0.2) is 51.9 Å². The lowest BCUT2D eigenvalue weighted by Gasteiger charge is -2.08. The summed E-state index contributed by atoms with van der Waals surface area (Å²) in [6, 6.07) is 10.1. The molecule has 1 aromatic carbocycles. The van der Waals surface area contributed by atoms with E-state index in [0.29, 0.717) is 14.2 Å². The molecule has 0 saturated heterocycles. The highest BCUT2D eigenvalue weighted by Crippen LogP contribution is 2.09. The second-order valence-corrected chi connectivity index (χ2v) is 8.10. The zero-order valence-electron chi connectivity index (χ0n) is 15.8. The maximum Gasteiger partial charge on any atom is 0.269 e. The Bertz CT molecular complexity index is 1190. The molecule has 0 unspecified atom stereocenters. The standard InChI is InChI=1S/C21H19ClN2O4S/c1-13(2)23-19(26)12-24-20(11-16(25)17-4-3-9-28-17)29-18(21(24)27)10-14-5-7-15(22)8-6-14/h3-11,13H,12H2,1-2H3,(H,23,26)/b18-10-,20-11+. The lowest BCUT2D eigenvalue weighted by Crippen LogP contribution is -2.40. The van der Waals surface area contributed by atoms with Crippen LogP contribution in [0.2, 0.25) is 5.02 Å². The van der Waals surface area contributed by atoms with Crippen molar-refractivity contribution in [2.45, 2.75) is 26.4 Å². The van der Waals surface area contributed by atoms with Gasteiger partial charge in [0.2, 0.25) is 11.7 Å². The van der Waals surface area contributed by atoms with Gasteiger partial charge in [0.1, 0.15) is 11.2 Å². The third-order valence-electron chi connectivity index (χ3n) is 3.87. The van der Waals surface area contributed by atoms with Gasteiger partial charge in [-0.15, -0.1) is 11.3 Å². The molecule has 0 aliphatic carbocycles. The summed E-state index contributed by atoms with van der Waals surface area (Å²) >= 11 is 7.04. The Labute approximate surface area is 175 Å². The molecule has 0 atom stereocenters. The third kappa shape index (κ3) is 5.34. The molecule has 3 rings (SSSR count). The van der Waals surface area contributed by atoms with Crippen molar-refractivity contribution in [3.05, 3.63) is 78.6 Å². The fourth-order valence-corrected chi connectivity index (χ4v) is 3.78. The Hall–Kier alpha value is -2.90. The molecule has 0 radical (unpaired) electrons. The van der Waals surface area contributed by atoms with E-state index < -0.39 is 0 Å². The number of benzene rings is 1. The predicted molar refractivity (Wildman–Crippen MR) is 114 cm³/mol. The second-order valence-electron chi connectivity index (χ2n) is 6.60. The first-order chi connectivity index (χ1) is 13.8. The number of rotatable bonds is 6. The summed E-state index contributed by atoms with van der Waals surface area (Å²) in [5.41, 5.74) is 0.442. The molecule has 150 valence electrons. The van der Waals surface area contributed by atoms with E-state index in [-0.39, 0.29) is 35.6 Å². The summed E-state index contributed by atoms with van der Waals surface area (Å²) in [4.78, 5) is 37.6. The van der Waals surface area contributed by atoms with Gasteiger partial charge >= 0.3 is 0 Å². The second kappa shape index (κ2) is 9.07. The first-order valence-electron chi connectivity index (χ1n) is 8.89. The number of nitrogens with zero attached hydrogens (tertiary/aromatic N) is 1. The van der Waals surface area contributed by atoms with Crippen LogP contribution in [-0.2, 0) is 11.3 Å². The highest BCUT2D eigenvalue weighted by atomic mass is 35.5. The average Bonchev–Trinajstić information content (AvgIpc) is 3.28. The van der Waals surface area contributed by atoms with Crippen molar-refractivity contribution in [1.29, 1.82) is 0 Å².